The zero-order valence-electron chi connectivity index (χ0n) is 16.5. The summed E-state index contributed by atoms with van der Waals surface area (Å²) >= 11 is 0.616. The Morgan fingerprint density at radius 2 is 2.03 bits per heavy atom. The zero-order chi connectivity index (χ0) is 23.2. The molecule has 1 atom stereocenters. The summed E-state index contributed by atoms with van der Waals surface area (Å²) in [6.07, 6.45) is -4.13. The topological polar surface area (TPSA) is 118 Å². The fourth-order valence-electron chi connectivity index (χ4n) is 3.16. The highest BCUT2D eigenvalue weighted by molar-refractivity contribution is 7.93. The van der Waals surface area contributed by atoms with E-state index in [2.05, 4.69) is 14.7 Å². The quantitative estimate of drug-likeness (QED) is 0.573. The molecule has 1 aliphatic rings. The van der Waals surface area contributed by atoms with E-state index in [0.717, 1.165) is 12.1 Å². The Hall–Kier alpha value is -2.09. The maximum Gasteiger partial charge on any atom is 0.394 e. The number of carbonyl (C=O) groups excluding carboxylic acids is 1. The van der Waals surface area contributed by atoms with Crippen LogP contribution in [0.1, 0.15) is 42.1 Å². The van der Waals surface area contributed by atoms with Crippen molar-refractivity contribution in [1.29, 1.82) is 0 Å². The Balaban J connectivity index is 1.92. The summed E-state index contributed by atoms with van der Waals surface area (Å²) in [5.74, 6) is -0.983. The second-order valence-electron chi connectivity index (χ2n) is 7.63. The first-order valence-electron chi connectivity index (χ1n) is 9.12. The van der Waals surface area contributed by atoms with Gasteiger partial charge in [0, 0.05) is 16.3 Å². The van der Waals surface area contributed by atoms with E-state index in [9.17, 15) is 31.7 Å². The van der Waals surface area contributed by atoms with E-state index >= 15 is 0 Å². The number of halogens is 4. The summed E-state index contributed by atoms with van der Waals surface area (Å²) in [6.45, 7) is 2.79. The highest BCUT2D eigenvalue weighted by Crippen LogP contribution is 2.34. The van der Waals surface area contributed by atoms with Gasteiger partial charge in [0.05, 0.1) is 17.7 Å². The molecule has 170 valence electrons. The van der Waals surface area contributed by atoms with E-state index in [-0.39, 0.29) is 16.3 Å². The van der Waals surface area contributed by atoms with Crippen LogP contribution in [0.2, 0.25) is 0 Å². The number of thiophene rings is 1. The lowest BCUT2D eigenvalue weighted by molar-refractivity contribution is -0.127. The predicted molar refractivity (Wildman–Crippen MR) is 108 cm³/mol. The summed E-state index contributed by atoms with van der Waals surface area (Å²) in [6, 6.07) is 0.865. The summed E-state index contributed by atoms with van der Waals surface area (Å²) < 4.78 is 68.1. The molecule has 4 N–H and O–H groups in total. The molecule has 0 fully saturated rings. The van der Waals surface area contributed by atoms with Gasteiger partial charge >= 0.3 is 12.2 Å². The van der Waals surface area contributed by atoms with E-state index in [1.807, 2.05) is 0 Å². The number of fused-ring (bicyclic) bond motifs is 1. The third kappa shape index (κ3) is 5.59. The Kier molecular flexibility index (Phi) is 6.17. The first-order valence-corrected chi connectivity index (χ1v) is 11.5. The number of nitrogens with two attached hydrogens (primary N) is 1. The van der Waals surface area contributed by atoms with Crippen LogP contribution in [-0.4, -0.2) is 26.5 Å². The molecule has 31 heavy (non-hydrogen) atoms. The van der Waals surface area contributed by atoms with Crippen LogP contribution in [0, 0.1) is 5.82 Å². The van der Waals surface area contributed by atoms with Crippen molar-refractivity contribution in [3.05, 3.63) is 39.8 Å². The van der Waals surface area contributed by atoms with E-state index < -0.39 is 44.2 Å². The predicted octanol–water partition coefficient (Wildman–Crippen LogP) is 4.04. The van der Waals surface area contributed by atoms with Crippen molar-refractivity contribution in [2.24, 2.45) is 9.50 Å². The number of rotatable bonds is 4. The van der Waals surface area contributed by atoms with E-state index in [1.54, 1.807) is 0 Å². The number of nitrogens with one attached hydrogen (secondary N) is 1. The Morgan fingerprint density at radius 1 is 1.35 bits per heavy atom. The minimum absolute atomic E-state index is 0.0783. The molecule has 2 aromatic heterocycles. The van der Waals surface area contributed by atoms with Gasteiger partial charge in [-0.2, -0.15) is 13.2 Å². The average molecular weight is 481 g/mol. The van der Waals surface area contributed by atoms with Gasteiger partial charge in [-0.15, -0.1) is 15.7 Å². The van der Waals surface area contributed by atoms with Crippen LogP contribution in [0.25, 0.3) is 0 Å². The maximum absolute atomic E-state index is 14.2. The SMILES string of the molecule is CC(C)(O)c1cc(F)c(S(N)(=O)=NC(=O)Nc2cc(CC(F)(F)F)nc3c2CCC3)s1. The van der Waals surface area contributed by atoms with Gasteiger partial charge < -0.3 is 10.4 Å². The van der Waals surface area contributed by atoms with Gasteiger partial charge in [0.25, 0.3) is 0 Å². The Bertz CT molecular complexity index is 1150. The molecule has 2 aromatic rings. The normalized spacial score (nSPS) is 16.0. The molecule has 3 rings (SSSR count). The molecular weight excluding hydrogens is 460 g/mol. The largest absolute Gasteiger partial charge is 0.394 e. The van der Waals surface area contributed by atoms with Crippen LogP contribution < -0.4 is 10.5 Å². The average Bonchev–Trinajstić information content (AvgIpc) is 3.18. The first kappa shape index (κ1) is 23.6. The van der Waals surface area contributed by atoms with Crippen molar-refractivity contribution in [3.8, 4) is 0 Å². The molecule has 0 radical (unpaired) electrons. The van der Waals surface area contributed by atoms with E-state index in [0.29, 0.717) is 41.9 Å². The van der Waals surface area contributed by atoms with Crippen LogP contribution in [0.15, 0.2) is 20.7 Å². The lowest BCUT2D eigenvalue weighted by Gasteiger charge is -2.13. The van der Waals surface area contributed by atoms with Crippen molar-refractivity contribution in [1.82, 2.24) is 4.98 Å². The third-order valence-electron chi connectivity index (χ3n) is 4.47. The number of alkyl halides is 3. The van der Waals surface area contributed by atoms with Gasteiger partial charge in [0.1, 0.15) is 0 Å². The number of amides is 2. The third-order valence-corrected chi connectivity index (χ3v) is 7.82. The molecule has 0 aromatic carbocycles. The molecule has 1 aliphatic carbocycles. The van der Waals surface area contributed by atoms with Gasteiger partial charge in [0.2, 0.25) is 0 Å². The van der Waals surface area contributed by atoms with Crippen LogP contribution >= 0.6 is 11.3 Å². The number of pyridine rings is 1. The van der Waals surface area contributed by atoms with Gasteiger partial charge in [-0.1, -0.05) is 0 Å². The highest BCUT2D eigenvalue weighted by atomic mass is 32.2. The molecule has 0 bridgehead atoms. The van der Waals surface area contributed by atoms with Gasteiger partial charge in [-0.25, -0.2) is 18.5 Å². The molecule has 7 nitrogen and oxygen atoms in total. The highest BCUT2D eigenvalue weighted by Gasteiger charge is 2.30. The Labute approximate surface area is 180 Å². The number of aromatic nitrogens is 1. The molecule has 0 aliphatic heterocycles. The zero-order valence-corrected chi connectivity index (χ0v) is 18.2. The van der Waals surface area contributed by atoms with Crippen LogP contribution in [0.3, 0.4) is 0 Å². The molecule has 0 saturated carbocycles. The molecule has 1 unspecified atom stereocenters. The fourth-order valence-corrected chi connectivity index (χ4v) is 5.50. The molecule has 13 heteroatoms. The number of urea groups is 1. The second kappa shape index (κ2) is 8.11. The summed E-state index contributed by atoms with van der Waals surface area (Å²) in [7, 11) is -4.00. The first-order chi connectivity index (χ1) is 14.2. The molecular formula is C18H20F4N4O3S2. The molecule has 0 spiro atoms. The van der Waals surface area contributed by atoms with Crippen molar-refractivity contribution in [3.63, 3.8) is 0 Å². The second-order valence-corrected chi connectivity index (χ2v) is 10.7. The van der Waals surface area contributed by atoms with E-state index in [1.165, 1.54) is 13.8 Å². The lowest BCUT2D eigenvalue weighted by Crippen LogP contribution is -2.19. The van der Waals surface area contributed by atoms with Gasteiger partial charge in [-0.3, -0.25) is 4.98 Å². The van der Waals surface area contributed by atoms with Crippen molar-refractivity contribution >= 4 is 33.0 Å². The molecule has 2 heterocycles. The number of aliphatic hydroxyl groups is 1. The number of carbonyl (C=O) groups is 1. The lowest BCUT2D eigenvalue weighted by atomic mass is 10.1. The van der Waals surface area contributed by atoms with Gasteiger partial charge in [0.15, 0.2) is 19.9 Å². The molecule has 2 amide bonds. The number of hydrogen-bond acceptors (Lipinski definition) is 5. The van der Waals surface area contributed by atoms with E-state index in [4.69, 9.17) is 5.14 Å². The maximum atomic E-state index is 14.2. The standard InChI is InChI=1S/C18H20F4N4O3S2/c1-17(2,28)14-7-11(19)15(30-14)31(23,29)26-16(27)25-13-6-9(8-18(20,21)22)24-12-5-3-4-10(12)13/h6-7,28H,3-5,8H2,1-2H3,(H3,23,24,25,26,27,29). The monoisotopic (exact) mass is 480 g/mol. The van der Waals surface area contributed by atoms with Crippen LogP contribution in [-0.2, 0) is 34.8 Å². The van der Waals surface area contributed by atoms with Crippen molar-refractivity contribution < 1.29 is 31.7 Å². The Morgan fingerprint density at radius 3 is 2.61 bits per heavy atom. The summed E-state index contributed by atoms with van der Waals surface area (Å²) in [5.41, 5.74) is -0.589. The van der Waals surface area contributed by atoms with Gasteiger partial charge in [-0.05, 0) is 50.8 Å². The fraction of sp³-hybridized carbons (Fsp3) is 0.444. The number of anilines is 1. The van der Waals surface area contributed by atoms with Crippen molar-refractivity contribution in [2.75, 3.05) is 5.32 Å². The number of nitrogens with zero attached hydrogens (tertiary/aromatic N) is 2. The minimum Gasteiger partial charge on any atom is -0.385 e. The number of hydrogen-bond donors (Lipinski definition) is 3. The summed E-state index contributed by atoms with van der Waals surface area (Å²) in [4.78, 5) is 16.5. The summed E-state index contributed by atoms with van der Waals surface area (Å²) in [5, 5.41) is 17.9. The van der Waals surface area contributed by atoms with Crippen LogP contribution in [0.5, 0.6) is 0 Å². The smallest absolute Gasteiger partial charge is 0.385 e. The minimum atomic E-state index is -4.48. The van der Waals surface area contributed by atoms with Crippen LogP contribution in [0.4, 0.5) is 28.0 Å². The van der Waals surface area contributed by atoms with Crippen molar-refractivity contribution in [2.45, 2.75) is 55.5 Å². The molecule has 0 saturated heterocycles. The number of aryl methyl sites for hydroxylation is 1.